The molecule has 0 aliphatic rings. The Morgan fingerprint density at radius 2 is 1.71 bits per heavy atom. The molecule has 0 heterocycles. The Labute approximate surface area is 120 Å². The first-order chi connectivity index (χ1) is 9.49. The number of anilines is 1. The van der Waals surface area contributed by atoms with Crippen LogP contribution in [-0.2, 0) is 16.0 Å². The van der Waals surface area contributed by atoms with Gasteiger partial charge in [-0.25, -0.2) is 4.79 Å². The zero-order valence-corrected chi connectivity index (χ0v) is 11.9. The van der Waals surface area contributed by atoms with E-state index in [1.807, 2.05) is 0 Å². The summed E-state index contributed by atoms with van der Waals surface area (Å²) in [5, 5.41) is 2.34. The predicted molar refractivity (Wildman–Crippen MR) is 71.1 cm³/mol. The van der Waals surface area contributed by atoms with Crippen molar-refractivity contribution in [1.82, 2.24) is 0 Å². The number of ether oxygens (including phenoxy) is 1. The van der Waals surface area contributed by atoms with Crippen LogP contribution < -0.4 is 5.32 Å². The number of carbonyl (C=O) groups excluding carboxylic acids is 2. The first-order valence-electron chi connectivity index (χ1n) is 6.17. The minimum atomic E-state index is -4.90. The molecule has 0 aromatic heterocycles. The highest BCUT2D eigenvalue weighted by Crippen LogP contribution is 2.23. The van der Waals surface area contributed by atoms with Gasteiger partial charge in [0.05, 0.1) is 0 Å². The van der Waals surface area contributed by atoms with Gasteiger partial charge in [-0.15, -0.1) is 0 Å². The smallest absolute Gasteiger partial charge is 0.444 e. The van der Waals surface area contributed by atoms with Crippen LogP contribution in [0.15, 0.2) is 24.3 Å². The predicted octanol–water partition coefficient (Wildman–Crippen LogP) is 3.71. The van der Waals surface area contributed by atoms with Crippen molar-refractivity contribution < 1.29 is 27.5 Å². The number of carbonyl (C=O) groups is 2. The van der Waals surface area contributed by atoms with Gasteiger partial charge < -0.3 is 4.74 Å². The number of hydrogen-bond donors (Lipinski definition) is 1. The maximum absolute atomic E-state index is 12.3. The average Bonchev–Trinajstić information content (AvgIpc) is 2.27. The van der Waals surface area contributed by atoms with Gasteiger partial charge in [-0.1, -0.05) is 18.2 Å². The van der Waals surface area contributed by atoms with Gasteiger partial charge in [-0.2, -0.15) is 13.2 Å². The van der Waals surface area contributed by atoms with Gasteiger partial charge >= 0.3 is 12.3 Å². The molecule has 0 fully saturated rings. The molecule has 116 valence electrons. The van der Waals surface area contributed by atoms with Gasteiger partial charge in [0.2, 0.25) is 5.78 Å². The zero-order chi connectivity index (χ0) is 16.3. The molecule has 1 rings (SSSR count). The molecule has 0 saturated carbocycles. The summed E-state index contributed by atoms with van der Waals surface area (Å²) in [5.41, 5.74) is -0.545. The number of ketones is 1. The van der Waals surface area contributed by atoms with Crippen molar-refractivity contribution in [2.45, 2.75) is 39.0 Å². The summed E-state index contributed by atoms with van der Waals surface area (Å²) in [7, 11) is 0. The van der Waals surface area contributed by atoms with E-state index in [1.54, 1.807) is 20.8 Å². The summed E-state index contributed by atoms with van der Waals surface area (Å²) in [6, 6.07) is 5.77. The van der Waals surface area contributed by atoms with Crippen LogP contribution >= 0.6 is 0 Å². The van der Waals surface area contributed by atoms with Gasteiger partial charge in [-0.05, 0) is 32.4 Å². The van der Waals surface area contributed by atoms with Gasteiger partial charge in [0.15, 0.2) is 0 Å². The fourth-order valence-corrected chi connectivity index (χ4v) is 1.48. The molecule has 7 heteroatoms. The number of Topliss-reactive ketones (excluding diaryl/α,β-unsaturated/α-hetero) is 1. The van der Waals surface area contributed by atoms with Crippen LogP contribution in [0.4, 0.5) is 23.7 Å². The van der Waals surface area contributed by atoms with Crippen LogP contribution in [0.3, 0.4) is 0 Å². The third-order valence-electron chi connectivity index (χ3n) is 2.32. The average molecular weight is 303 g/mol. The molecule has 4 nitrogen and oxygen atoms in total. The van der Waals surface area contributed by atoms with E-state index in [0.29, 0.717) is 0 Å². The quantitative estimate of drug-likeness (QED) is 0.926. The Morgan fingerprint density at radius 1 is 1.14 bits per heavy atom. The molecule has 0 atom stereocenters. The van der Waals surface area contributed by atoms with Gasteiger partial charge in [0.25, 0.3) is 0 Å². The number of halogens is 3. The molecular formula is C14H16F3NO3. The molecule has 1 amide bonds. The summed E-state index contributed by atoms with van der Waals surface area (Å²) in [6.45, 7) is 4.98. The maximum atomic E-state index is 12.3. The number of rotatable bonds is 3. The SMILES string of the molecule is CC(C)(C)OC(=O)Nc1ccccc1CC(=O)C(F)(F)F. The van der Waals surface area contributed by atoms with Crippen molar-refractivity contribution >= 4 is 17.6 Å². The second-order valence-electron chi connectivity index (χ2n) is 5.38. The normalized spacial score (nSPS) is 11.9. The molecule has 1 aromatic rings. The Kier molecular flexibility index (Phi) is 4.98. The lowest BCUT2D eigenvalue weighted by molar-refractivity contribution is -0.170. The molecule has 21 heavy (non-hydrogen) atoms. The number of benzene rings is 1. The lowest BCUT2D eigenvalue weighted by Gasteiger charge is -2.20. The van der Waals surface area contributed by atoms with Crippen molar-refractivity contribution in [2.75, 3.05) is 5.32 Å². The summed E-state index contributed by atoms with van der Waals surface area (Å²) < 4.78 is 41.9. The molecule has 0 aliphatic heterocycles. The molecule has 1 N–H and O–H groups in total. The zero-order valence-electron chi connectivity index (χ0n) is 11.9. The van der Waals surface area contributed by atoms with E-state index in [2.05, 4.69) is 5.32 Å². The summed E-state index contributed by atoms with van der Waals surface area (Å²) in [4.78, 5) is 22.7. The Balaban J connectivity index is 2.85. The van der Waals surface area contributed by atoms with Crippen molar-refractivity contribution in [3.63, 3.8) is 0 Å². The van der Waals surface area contributed by atoms with Crippen LogP contribution in [0.2, 0.25) is 0 Å². The van der Waals surface area contributed by atoms with E-state index in [-0.39, 0.29) is 11.3 Å². The van der Waals surface area contributed by atoms with Crippen LogP contribution in [0.25, 0.3) is 0 Å². The monoisotopic (exact) mass is 303 g/mol. The van der Waals surface area contributed by atoms with Crippen LogP contribution in [0.1, 0.15) is 26.3 Å². The first kappa shape index (κ1) is 17.0. The molecule has 0 spiro atoms. The molecule has 0 unspecified atom stereocenters. The van der Waals surface area contributed by atoms with E-state index in [0.717, 1.165) is 0 Å². The van der Waals surface area contributed by atoms with Crippen molar-refractivity contribution in [2.24, 2.45) is 0 Å². The fourth-order valence-electron chi connectivity index (χ4n) is 1.48. The van der Waals surface area contributed by atoms with E-state index in [1.165, 1.54) is 24.3 Å². The Bertz CT molecular complexity index is 533. The third kappa shape index (κ3) is 5.85. The van der Waals surface area contributed by atoms with Crippen LogP contribution in [0, 0.1) is 0 Å². The lowest BCUT2D eigenvalue weighted by atomic mass is 10.1. The number of alkyl halides is 3. The topological polar surface area (TPSA) is 55.4 Å². The highest BCUT2D eigenvalue weighted by atomic mass is 19.4. The van der Waals surface area contributed by atoms with Gasteiger partial charge in [-0.3, -0.25) is 10.1 Å². The second-order valence-corrected chi connectivity index (χ2v) is 5.38. The Hall–Kier alpha value is -2.05. The number of amides is 1. The minimum absolute atomic E-state index is 0.0747. The highest BCUT2D eigenvalue weighted by molar-refractivity contribution is 5.90. The van der Waals surface area contributed by atoms with Gasteiger partial charge in [0, 0.05) is 12.1 Å². The number of para-hydroxylation sites is 1. The molecule has 0 aliphatic carbocycles. The van der Waals surface area contributed by atoms with Crippen molar-refractivity contribution in [1.29, 1.82) is 0 Å². The largest absolute Gasteiger partial charge is 0.450 e. The molecule has 0 radical (unpaired) electrons. The summed E-state index contributed by atoms with van der Waals surface area (Å²) in [5.74, 6) is -1.87. The summed E-state index contributed by atoms with van der Waals surface area (Å²) >= 11 is 0. The molecular weight excluding hydrogens is 287 g/mol. The maximum Gasteiger partial charge on any atom is 0.450 e. The number of hydrogen-bond acceptors (Lipinski definition) is 3. The van der Waals surface area contributed by atoms with E-state index in [9.17, 15) is 22.8 Å². The van der Waals surface area contributed by atoms with Crippen LogP contribution in [0.5, 0.6) is 0 Å². The second kappa shape index (κ2) is 6.15. The van der Waals surface area contributed by atoms with Gasteiger partial charge in [0.1, 0.15) is 5.60 Å². The Morgan fingerprint density at radius 3 is 2.24 bits per heavy atom. The first-order valence-corrected chi connectivity index (χ1v) is 6.17. The lowest BCUT2D eigenvalue weighted by Crippen LogP contribution is -2.28. The molecule has 0 saturated heterocycles. The van der Waals surface area contributed by atoms with E-state index in [4.69, 9.17) is 4.74 Å². The highest BCUT2D eigenvalue weighted by Gasteiger charge is 2.38. The molecule has 0 bridgehead atoms. The van der Waals surface area contributed by atoms with E-state index >= 15 is 0 Å². The summed E-state index contributed by atoms with van der Waals surface area (Å²) in [6.07, 6.45) is -6.54. The van der Waals surface area contributed by atoms with Crippen molar-refractivity contribution in [3.8, 4) is 0 Å². The van der Waals surface area contributed by atoms with Crippen LogP contribution in [-0.4, -0.2) is 23.7 Å². The molecule has 1 aromatic carbocycles. The van der Waals surface area contributed by atoms with E-state index < -0.39 is 30.1 Å². The third-order valence-corrected chi connectivity index (χ3v) is 2.32. The fraction of sp³-hybridized carbons (Fsp3) is 0.429. The standard InChI is InChI=1S/C14H16F3NO3/c1-13(2,3)21-12(20)18-10-7-5-4-6-9(10)8-11(19)14(15,16)17/h4-7H,8H2,1-3H3,(H,18,20). The minimum Gasteiger partial charge on any atom is -0.444 e. The number of nitrogens with one attached hydrogen (secondary N) is 1. The van der Waals surface area contributed by atoms with Crippen molar-refractivity contribution in [3.05, 3.63) is 29.8 Å².